The number of hydrogen-bond acceptors (Lipinski definition) is 5. The van der Waals surface area contributed by atoms with Gasteiger partial charge in [0, 0.05) is 58.5 Å². The Morgan fingerprint density at radius 2 is 1.92 bits per heavy atom. The lowest BCUT2D eigenvalue weighted by molar-refractivity contribution is 0.0746. The van der Waals surface area contributed by atoms with Crippen molar-refractivity contribution in [3.63, 3.8) is 0 Å². The molecule has 1 aliphatic heterocycles. The van der Waals surface area contributed by atoms with Gasteiger partial charge in [-0.15, -0.1) is 0 Å². The summed E-state index contributed by atoms with van der Waals surface area (Å²) >= 11 is 0. The molecule has 0 spiro atoms. The molecule has 2 rings (SSSR count). The number of amides is 1. The zero-order valence-electron chi connectivity index (χ0n) is 15.6. The fourth-order valence-electron chi connectivity index (χ4n) is 2.97. The fraction of sp³-hybridized carbons (Fsp3) is 0.611. The van der Waals surface area contributed by atoms with Crippen molar-refractivity contribution in [3.05, 3.63) is 35.4 Å². The Bertz CT molecular complexity index is 687. The summed E-state index contributed by atoms with van der Waals surface area (Å²) in [6.45, 7) is 5.37. The minimum atomic E-state index is -3.37. The second-order valence-electron chi connectivity index (χ2n) is 6.42. The SMILES string of the molecule is COCCCN(CCS(=O)(=O)N1CCNCC1)C(=O)c1ccccc1C. The average Bonchev–Trinajstić information content (AvgIpc) is 2.65. The van der Waals surface area contributed by atoms with Crippen LogP contribution in [0.4, 0.5) is 0 Å². The van der Waals surface area contributed by atoms with E-state index in [1.165, 1.54) is 4.31 Å². The van der Waals surface area contributed by atoms with E-state index in [1.807, 2.05) is 25.1 Å². The van der Waals surface area contributed by atoms with Gasteiger partial charge >= 0.3 is 0 Å². The summed E-state index contributed by atoms with van der Waals surface area (Å²) < 4.78 is 31.7. The highest BCUT2D eigenvalue weighted by molar-refractivity contribution is 7.89. The Kier molecular flexibility index (Phi) is 8.02. The smallest absolute Gasteiger partial charge is 0.254 e. The number of sulfonamides is 1. The molecule has 146 valence electrons. The number of aryl methyl sites for hydroxylation is 1. The highest BCUT2D eigenvalue weighted by Gasteiger charge is 2.26. The van der Waals surface area contributed by atoms with Gasteiger partial charge in [0.05, 0.1) is 5.75 Å². The van der Waals surface area contributed by atoms with Crippen LogP contribution in [-0.4, -0.2) is 82.3 Å². The second kappa shape index (κ2) is 10.0. The van der Waals surface area contributed by atoms with E-state index >= 15 is 0 Å². The van der Waals surface area contributed by atoms with Crippen LogP contribution >= 0.6 is 0 Å². The first-order valence-electron chi connectivity index (χ1n) is 8.98. The largest absolute Gasteiger partial charge is 0.385 e. The van der Waals surface area contributed by atoms with Crippen molar-refractivity contribution >= 4 is 15.9 Å². The molecule has 8 heteroatoms. The first kappa shape index (κ1) is 20.8. The molecule has 0 atom stereocenters. The number of carbonyl (C=O) groups excluding carboxylic acids is 1. The molecule has 0 aliphatic carbocycles. The van der Waals surface area contributed by atoms with Gasteiger partial charge in [-0.1, -0.05) is 18.2 Å². The summed E-state index contributed by atoms with van der Waals surface area (Å²) in [7, 11) is -1.75. The lowest BCUT2D eigenvalue weighted by atomic mass is 10.1. The lowest BCUT2D eigenvalue weighted by Gasteiger charge is -2.29. The normalized spacial score (nSPS) is 15.8. The van der Waals surface area contributed by atoms with E-state index in [1.54, 1.807) is 18.1 Å². The molecule has 0 aromatic heterocycles. The van der Waals surface area contributed by atoms with E-state index in [0.717, 1.165) is 5.56 Å². The number of ether oxygens (including phenoxy) is 1. The maximum Gasteiger partial charge on any atom is 0.254 e. The van der Waals surface area contributed by atoms with Crippen LogP contribution in [0, 0.1) is 6.92 Å². The molecule has 26 heavy (non-hydrogen) atoms. The van der Waals surface area contributed by atoms with Gasteiger partial charge in [0.15, 0.2) is 0 Å². The Balaban J connectivity index is 2.06. The van der Waals surface area contributed by atoms with Crippen molar-refractivity contribution in [2.45, 2.75) is 13.3 Å². The summed E-state index contributed by atoms with van der Waals surface area (Å²) in [5, 5.41) is 3.15. The molecule has 1 aromatic carbocycles. The summed E-state index contributed by atoms with van der Waals surface area (Å²) in [4.78, 5) is 14.5. The van der Waals surface area contributed by atoms with Crippen molar-refractivity contribution in [1.82, 2.24) is 14.5 Å². The predicted molar refractivity (Wildman–Crippen MR) is 102 cm³/mol. The van der Waals surface area contributed by atoms with Crippen LogP contribution in [0.2, 0.25) is 0 Å². The van der Waals surface area contributed by atoms with Crippen molar-refractivity contribution in [1.29, 1.82) is 0 Å². The van der Waals surface area contributed by atoms with E-state index in [4.69, 9.17) is 4.74 Å². The number of benzene rings is 1. The van der Waals surface area contributed by atoms with Crippen LogP contribution in [0.15, 0.2) is 24.3 Å². The van der Waals surface area contributed by atoms with Crippen LogP contribution in [0.5, 0.6) is 0 Å². The monoisotopic (exact) mass is 383 g/mol. The summed E-state index contributed by atoms with van der Waals surface area (Å²) in [5.41, 5.74) is 1.50. The minimum Gasteiger partial charge on any atom is -0.385 e. The number of piperazine rings is 1. The zero-order valence-corrected chi connectivity index (χ0v) is 16.4. The summed E-state index contributed by atoms with van der Waals surface area (Å²) in [5.74, 6) is -0.188. The van der Waals surface area contributed by atoms with Gasteiger partial charge in [0.1, 0.15) is 0 Å². The lowest BCUT2D eigenvalue weighted by Crippen LogP contribution is -2.48. The Morgan fingerprint density at radius 1 is 1.23 bits per heavy atom. The standard InChI is InChI=1S/C18H29N3O4S/c1-16-6-3-4-7-17(16)18(22)20(10-5-14-25-2)13-15-26(23,24)21-11-8-19-9-12-21/h3-4,6-7,19H,5,8-15H2,1-2H3. The van der Waals surface area contributed by atoms with E-state index in [9.17, 15) is 13.2 Å². The molecule has 7 nitrogen and oxygen atoms in total. The number of hydrogen-bond donors (Lipinski definition) is 1. The molecule has 1 aliphatic rings. The Hall–Kier alpha value is -1.48. The topological polar surface area (TPSA) is 79.0 Å². The molecule has 1 amide bonds. The van der Waals surface area contributed by atoms with Gasteiger partial charge < -0.3 is 15.0 Å². The first-order chi connectivity index (χ1) is 12.5. The molecule has 1 N–H and O–H groups in total. The van der Waals surface area contributed by atoms with Crippen LogP contribution in [0.25, 0.3) is 0 Å². The third-order valence-corrected chi connectivity index (χ3v) is 6.38. The zero-order chi connectivity index (χ0) is 19.0. The molecule has 0 saturated carbocycles. The fourth-order valence-corrected chi connectivity index (χ4v) is 4.42. The number of methoxy groups -OCH3 is 1. The first-order valence-corrected chi connectivity index (χ1v) is 10.6. The van der Waals surface area contributed by atoms with E-state index in [-0.39, 0.29) is 18.2 Å². The minimum absolute atomic E-state index is 0.0579. The third-order valence-electron chi connectivity index (χ3n) is 4.53. The number of rotatable bonds is 9. The maximum atomic E-state index is 12.9. The molecule has 1 aromatic rings. The second-order valence-corrected chi connectivity index (χ2v) is 8.51. The summed E-state index contributed by atoms with van der Waals surface area (Å²) in [6, 6.07) is 7.38. The van der Waals surface area contributed by atoms with Gasteiger partial charge in [0.2, 0.25) is 10.0 Å². The molecule has 1 saturated heterocycles. The molecule has 0 radical (unpaired) electrons. The van der Waals surface area contributed by atoms with Crippen LogP contribution in [-0.2, 0) is 14.8 Å². The predicted octanol–water partition coefficient (Wildman–Crippen LogP) is 0.709. The molecule has 0 bridgehead atoms. The van der Waals surface area contributed by atoms with Crippen LogP contribution in [0.3, 0.4) is 0 Å². The number of carbonyl (C=O) groups is 1. The molecular formula is C18H29N3O4S. The summed E-state index contributed by atoms with van der Waals surface area (Å²) in [6.07, 6.45) is 0.668. The quantitative estimate of drug-likeness (QED) is 0.636. The molecule has 1 fully saturated rings. The van der Waals surface area contributed by atoms with Gasteiger partial charge in [-0.3, -0.25) is 4.79 Å². The van der Waals surface area contributed by atoms with Crippen LogP contribution in [0.1, 0.15) is 22.3 Å². The van der Waals surface area contributed by atoms with Crippen molar-refractivity contribution in [3.8, 4) is 0 Å². The maximum absolute atomic E-state index is 12.9. The van der Waals surface area contributed by atoms with Gasteiger partial charge in [0.25, 0.3) is 5.91 Å². The molecule has 0 unspecified atom stereocenters. The third kappa shape index (κ3) is 5.77. The van der Waals surface area contributed by atoms with Crippen molar-refractivity contribution in [2.75, 3.05) is 58.7 Å². The van der Waals surface area contributed by atoms with Gasteiger partial charge in [-0.2, -0.15) is 4.31 Å². The molecule has 1 heterocycles. The van der Waals surface area contributed by atoms with Gasteiger partial charge in [-0.25, -0.2) is 8.42 Å². The van der Waals surface area contributed by atoms with E-state index in [2.05, 4.69) is 5.32 Å². The van der Waals surface area contributed by atoms with Crippen molar-refractivity contribution in [2.24, 2.45) is 0 Å². The van der Waals surface area contributed by atoms with Gasteiger partial charge in [-0.05, 0) is 25.0 Å². The van der Waals surface area contributed by atoms with E-state index in [0.29, 0.717) is 51.3 Å². The van der Waals surface area contributed by atoms with Crippen LogP contribution < -0.4 is 5.32 Å². The number of nitrogens with zero attached hydrogens (tertiary/aromatic N) is 2. The van der Waals surface area contributed by atoms with E-state index < -0.39 is 10.0 Å². The number of nitrogens with one attached hydrogen (secondary N) is 1. The molecular weight excluding hydrogens is 354 g/mol. The Morgan fingerprint density at radius 3 is 2.58 bits per heavy atom. The Labute approximate surface area is 156 Å². The highest BCUT2D eigenvalue weighted by atomic mass is 32.2. The highest BCUT2D eigenvalue weighted by Crippen LogP contribution is 2.12. The average molecular weight is 384 g/mol. The van der Waals surface area contributed by atoms with Crippen molar-refractivity contribution < 1.29 is 17.9 Å².